The summed E-state index contributed by atoms with van der Waals surface area (Å²) >= 11 is 5.15. The van der Waals surface area contributed by atoms with Gasteiger partial charge >= 0.3 is 0 Å². The first-order valence-corrected chi connectivity index (χ1v) is 5.02. The van der Waals surface area contributed by atoms with Crippen LogP contribution in [0.4, 0.5) is 5.95 Å². The lowest BCUT2D eigenvalue weighted by Gasteiger charge is -2.39. The lowest BCUT2D eigenvalue weighted by Crippen LogP contribution is -2.40. The SMILES string of the molecule is CC(C)(C)C(C)(C)n1c(N)n[nH]c1=S. The van der Waals surface area contributed by atoms with E-state index in [-0.39, 0.29) is 11.0 Å². The molecule has 0 saturated heterocycles. The lowest BCUT2D eigenvalue weighted by atomic mass is 9.76. The molecular formula is C9H18N4S. The normalized spacial score (nSPS) is 13.2. The van der Waals surface area contributed by atoms with Gasteiger partial charge in [-0.15, -0.1) is 5.10 Å². The number of nitrogens with zero attached hydrogens (tertiary/aromatic N) is 2. The van der Waals surface area contributed by atoms with Crippen molar-refractivity contribution in [3.63, 3.8) is 0 Å². The third-order valence-corrected chi connectivity index (χ3v) is 3.37. The second-order valence-corrected chi connectivity index (χ2v) is 5.42. The minimum atomic E-state index is -0.166. The zero-order chi connectivity index (χ0) is 11.1. The number of nitrogens with one attached hydrogen (secondary N) is 1. The Kier molecular flexibility index (Phi) is 2.48. The zero-order valence-electron chi connectivity index (χ0n) is 9.38. The molecule has 1 rings (SSSR count). The van der Waals surface area contributed by atoms with E-state index < -0.39 is 0 Å². The molecule has 0 atom stereocenters. The molecule has 3 N–H and O–H groups in total. The van der Waals surface area contributed by atoms with Crippen molar-refractivity contribution in [2.75, 3.05) is 5.73 Å². The maximum atomic E-state index is 5.78. The summed E-state index contributed by atoms with van der Waals surface area (Å²) in [5, 5.41) is 6.63. The predicted octanol–water partition coefficient (Wildman–Crippen LogP) is 2.30. The van der Waals surface area contributed by atoms with Gasteiger partial charge in [0.25, 0.3) is 0 Å². The molecule has 0 unspecified atom stereocenters. The van der Waals surface area contributed by atoms with Crippen molar-refractivity contribution in [2.24, 2.45) is 5.41 Å². The molecule has 0 bridgehead atoms. The number of aromatic nitrogens is 3. The summed E-state index contributed by atoms with van der Waals surface area (Å²) in [5.41, 5.74) is 5.67. The minimum Gasteiger partial charge on any atom is -0.368 e. The third-order valence-electron chi connectivity index (χ3n) is 3.09. The maximum Gasteiger partial charge on any atom is 0.221 e. The Morgan fingerprint density at radius 2 is 1.79 bits per heavy atom. The smallest absolute Gasteiger partial charge is 0.221 e. The molecule has 5 heteroatoms. The highest BCUT2D eigenvalue weighted by molar-refractivity contribution is 7.71. The topological polar surface area (TPSA) is 59.6 Å². The van der Waals surface area contributed by atoms with Crippen molar-refractivity contribution in [3.05, 3.63) is 4.77 Å². The Balaban J connectivity index is 3.37. The first kappa shape index (κ1) is 11.2. The van der Waals surface area contributed by atoms with Gasteiger partial charge in [-0.3, -0.25) is 4.57 Å². The van der Waals surface area contributed by atoms with Crippen LogP contribution in [0.15, 0.2) is 0 Å². The Hall–Kier alpha value is -0.840. The molecule has 0 radical (unpaired) electrons. The maximum absolute atomic E-state index is 5.78. The van der Waals surface area contributed by atoms with Crippen LogP contribution in [0.2, 0.25) is 0 Å². The van der Waals surface area contributed by atoms with Crippen molar-refractivity contribution >= 4 is 18.2 Å². The van der Waals surface area contributed by atoms with Gasteiger partial charge in [0.1, 0.15) is 0 Å². The first-order chi connectivity index (χ1) is 6.18. The molecular weight excluding hydrogens is 196 g/mol. The molecule has 1 aromatic heterocycles. The van der Waals surface area contributed by atoms with E-state index in [0.29, 0.717) is 10.7 Å². The van der Waals surface area contributed by atoms with Crippen LogP contribution in [0, 0.1) is 10.2 Å². The number of nitrogens with two attached hydrogens (primary N) is 1. The Labute approximate surface area is 89.5 Å². The van der Waals surface area contributed by atoms with Crippen molar-refractivity contribution in [1.82, 2.24) is 14.8 Å². The van der Waals surface area contributed by atoms with E-state index in [4.69, 9.17) is 18.0 Å². The fraction of sp³-hybridized carbons (Fsp3) is 0.778. The number of hydrogen-bond donors (Lipinski definition) is 2. The number of anilines is 1. The molecule has 0 aliphatic rings. The van der Waals surface area contributed by atoms with Crippen LogP contribution in [-0.4, -0.2) is 14.8 Å². The van der Waals surface area contributed by atoms with Gasteiger partial charge in [-0.2, -0.15) is 0 Å². The largest absolute Gasteiger partial charge is 0.368 e. The molecule has 0 aromatic carbocycles. The second kappa shape index (κ2) is 3.08. The van der Waals surface area contributed by atoms with E-state index in [1.54, 1.807) is 0 Å². The molecule has 1 aromatic rings. The highest BCUT2D eigenvalue weighted by Gasteiger charge is 2.36. The molecule has 1 heterocycles. The average Bonchev–Trinajstić information content (AvgIpc) is 2.28. The molecule has 0 spiro atoms. The van der Waals surface area contributed by atoms with Crippen LogP contribution >= 0.6 is 12.2 Å². The predicted molar refractivity (Wildman–Crippen MR) is 60.6 cm³/mol. The third kappa shape index (κ3) is 1.56. The van der Waals surface area contributed by atoms with E-state index in [1.807, 2.05) is 4.57 Å². The molecule has 14 heavy (non-hydrogen) atoms. The van der Waals surface area contributed by atoms with Gasteiger partial charge in [-0.1, -0.05) is 20.8 Å². The van der Waals surface area contributed by atoms with Crippen molar-refractivity contribution < 1.29 is 0 Å². The first-order valence-electron chi connectivity index (χ1n) is 4.61. The summed E-state index contributed by atoms with van der Waals surface area (Å²) in [6.45, 7) is 10.7. The zero-order valence-corrected chi connectivity index (χ0v) is 10.2. The van der Waals surface area contributed by atoms with E-state index in [0.717, 1.165) is 0 Å². The number of aromatic amines is 1. The van der Waals surface area contributed by atoms with E-state index in [9.17, 15) is 0 Å². The van der Waals surface area contributed by atoms with Gasteiger partial charge in [0.05, 0.1) is 0 Å². The quantitative estimate of drug-likeness (QED) is 0.705. The fourth-order valence-corrected chi connectivity index (χ4v) is 1.55. The Morgan fingerprint density at radius 3 is 2.07 bits per heavy atom. The lowest BCUT2D eigenvalue weighted by molar-refractivity contribution is 0.140. The molecule has 4 nitrogen and oxygen atoms in total. The number of nitrogen functional groups attached to an aromatic ring is 1. The summed E-state index contributed by atoms with van der Waals surface area (Å²) < 4.78 is 2.44. The summed E-state index contributed by atoms with van der Waals surface area (Å²) in [5.74, 6) is 0.440. The average molecular weight is 214 g/mol. The Morgan fingerprint density at radius 1 is 1.29 bits per heavy atom. The van der Waals surface area contributed by atoms with Gasteiger partial charge in [-0.05, 0) is 31.5 Å². The summed E-state index contributed by atoms with van der Waals surface area (Å²) in [7, 11) is 0. The molecule has 0 aliphatic heterocycles. The minimum absolute atomic E-state index is 0.0587. The number of rotatable bonds is 1. The monoisotopic (exact) mass is 214 g/mol. The summed E-state index contributed by atoms with van der Waals surface area (Å²) in [4.78, 5) is 0. The molecule has 0 amide bonds. The van der Waals surface area contributed by atoms with Crippen molar-refractivity contribution in [3.8, 4) is 0 Å². The van der Waals surface area contributed by atoms with Gasteiger partial charge in [-0.25, -0.2) is 5.10 Å². The fourth-order valence-electron chi connectivity index (χ4n) is 1.18. The van der Waals surface area contributed by atoms with Crippen LogP contribution in [0.1, 0.15) is 34.6 Å². The van der Waals surface area contributed by atoms with E-state index in [2.05, 4.69) is 44.8 Å². The van der Waals surface area contributed by atoms with E-state index in [1.165, 1.54) is 0 Å². The van der Waals surface area contributed by atoms with Crippen LogP contribution in [0.3, 0.4) is 0 Å². The molecule has 0 aliphatic carbocycles. The molecule has 0 saturated carbocycles. The summed E-state index contributed by atoms with van der Waals surface area (Å²) in [6, 6.07) is 0. The van der Waals surface area contributed by atoms with Gasteiger partial charge in [0.2, 0.25) is 5.95 Å². The van der Waals surface area contributed by atoms with Gasteiger partial charge < -0.3 is 5.73 Å². The van der Waals surface area contributed by atoms with Gasteiger partial charge in [0.15, 0.2) is 4.77 Å². The highest BCUT2D eigenvalue weighted by Crippen LogP contribution is 2.37. The van der Waals surface area contributed by atoms with Crippen LogP contribution in [-0.2, 0) is 5.54 Å². The summed E-state index contributed by atoms with van der Waals surface area (Å²) in [6.07, 6.45) is 0. The standard InChI is InChI=1S/C9H18N4S/c1-8(2,3)9(4,5)13-6(10)11-12-7(13)14/h1-5H3,(H2,10,11)(H,12,14). The van der Waals surface area contributed by atoms with E-state index >= 15 is 0 Å². The second-order valence-electron chi connectivity index (χ2n) is 5.03. The van der Waals surface area contributed by atoms with Crippen LogP contribution in [0.5, 0.6) is 0 Å². The highest BCUT2D eigenvalue weighted by atomic mass is 32.1. The van der Waals surface area contributed by atoms with Crippen molar-refractivity contribution in [2.45, 2.75) is 40.2 Å². The molecule has 0 fully saturated rings. The number of hydrogen-bond acceptors (Lipinski definition) is 3. The van der Waals surface area contributed by atoms with Crippen LogP contribution < -0.4 is 5.73 Å². The van der Waals surface area contributed by atoms with Crippen molar-refractivity contribution in [1.29, 1.82) is 0 Å². The number of H-pyrrole nitrogens is 1. The molecule has 80 valence electrons. The van der Waals surface area contributed by atoms with Gasteiger partial charge in [0, 0.05) is 5.54 Å². The Bertz CT molecular complexity index is 380. The van der Waals surface area contributed by atoms with Crippen LogP contribution in [0.25, 0.3) is 0 Å².